The third-order valence-corrected chi connectivity index (χ3v) is 9.50. The molecule has 9 rings (SSSR count). The number of hydrogen-bond acceptors (Lipinski definition) is 0. The van der Waals surface area contributed by atoms with Crippen LogP contribution in [0.5, 0.6) is 0 Å². The topological polar surface area (TPSA) is 9.86 Å². The minimum Gasteiger partial charge on any atom is -0.309 e. The van der Waals surface area contributed by atoms with Crippen LogP contribution in [0.1, 0.15) is 5.56 Å². The highest BCUT2D eigenvalue weighted by Gasteiger charge is 2.42. The Morgan fingerprint density at radius 3 is 1.00 bits per heavy atom. The van der Waals surface area contributed by atoms with Gasteiger partial charge in [-0.25, -0.2) is 8.78 Å². The van der Waals surface area contributed by atoms with Crippen molar-refractivity contribution in [3.8, 4) is 33.6 Å². The maximum atomic E-state index is 16.2. The van der Waals surface area contributed by atoms with Gasteiger partial charge in [0.05, 0.1) is 39.0 Å². The summed E-state index contributed by atoms with van der Waals surface area (Å²) in [4.78, 5) is 0. The third-order valence-electron chi connectivity index (χ3n) is 9.50. The molecule has 0 fully saturated rings. The number of fused-ring (bicyclic) bond motifs is 6. The molecule has 0 saturated heterocycles. The van der Waals surface area contributed by atoms with Crippen LogP contribution >= 0.6 is 0 Å². The van der Waals surface area contributed by atoms with Crippen molar-refractivity contribution in [2.45, 2.75) is 6.18 Å². The molecule has 0 unspecified atom stereocenters. The van der Waals surface area contributed by atoms with Crippen molar-refractivity contribution in [3.05, 3.63) is 169 Å². The molecule has 0 aliphatic rings. The van der Waals surface area contributed by atoms with Gasteiger partial charge in [0.25, 0.3) is 0 Å². The van der Waals surface area contributed by atoms with Crippen LogP contribution in [0, 0.1) is 11.6 Å². The van der Waals surface area contributed by atoms with Crippen LogP contribution in [-0.2, 0) is 6.18 Å². The fourth-order valence-electron chi connectivity index (χ4n) is 7.53. The molecule has 0 amide bonds. The summed E-state index contributed by atoms with van der Waals surface area (Å²) in [5.41, 5.74) is 0.397. The van der Waals surface area contributed by atoms with Gasteiger partial charge < -0.3 is 9.13 Å². The van der Waals surface area contributed by atoms with E-state index < -0.39 is 23.4 Å². The maximum absolute atomic E-state index is 16.2. The maximum Gasteiger partial charge on any atom is 0.417 e. The van der Waals surface area contributed by atoms with Gasteiger partial charge in [0.1, 0.15) is 11.6 Å². The molecule has 50 heavy (non-hydrogen) atoms. The summed E-state index contributed by atoms with van der Waals surface area (Å²) in [6, 6.07) is 42.4. The molecule has 0 aliphatic carbocycles. The van der Waals surface area contributed by atoms with Crippen molar-refractivity contribution in [1.29, 1.82) is 0 Å². The Bertz CT molecular complexity index is 2500. The molecule has 2 heterocycles. The van der Waals surface area contributed by atoms with Crippen LogP contribution in [-0.4, -0.2) is 9.13 Å². The highest BCUT2D eigenvalue weighted by molar-refractivity contribution is 6.12. The van der Waals surface area contributed by atoms with Crippen LogP contribution in [0.4, 0.5) is 22.0 Å². The summed E-state index contributed by atoms with van der Waals surface area (Å²) < 4.78 is 84.2. The molecule has 2 nitrogen and oxygen atoms in total. The lowest BCUT2D eigenvalue weighted by atomic mass is 9.87. The van der Waals surface area contributed by atoms with E-state index in [0.29, 0.717) is 22.1 Å². The van der Waals surface area contributed by atoms with Crippen molar-refractivity contribution in [1.82, 2.24) is 9.13 Å². The fourth-order valence-corrected chi connectivity index (χ4v) is 7.53. The molecule has 0 saturated carbocycles. The highest BCUT2D eigenvalue weighted by Crippen LogP contribution is 2.52. The smallest absolute Gasteiger partial charge is 0.309 e. The Kier molecular flexibility index (Phi) is 6.68. The van der Waals surface area contributed by atoms with E-state index in [2.05, 4.69) is 0 Å². The van der Waals surface area contributed by atoms with Gasteiger partial charge in [-0.3, -0.25) is 0 Å². The van der Waals surface area contributed by atoms with Crippen LogP contribution in [0.25, 0.3) is 77.2 Å². The van der Waals surface area contributed by atoms with Crippen molar-refractivity contribution in [2.24, 2.45) is 0 Å². The van der Waals surface area contributed by atoms with Gasteiger partial charge in [0.15, 0.2) is 0 Å². The largest absolute Gasteiger partial charge is 0.417 e. The molecule has 7 heteroatoms. The van der Waals surface area contributed by atoms with Gasteiger partial charge in [-0.2, -0.15) is 13.2 Å². The molecule has 2 aromatic heterocycles. The Balaban J connectivity index is 1.60. The van der Waals surface area contributed by atoms with E-state index in [1.807, 2.05) is 97.1 Å². The van der Waals surface area contributed by atoms with Crippen LogP contribution in [0.2, 0.25) is 0 Å². The van der Waals surface area contributed by atoms with Gasteiger partial charge in [-0.15, -0.1) is 0 Å². The van der Waals surface area contributed by atoms with Crippen LogP contribution < -0.4 is 0 Å². The van der Waals surface area contributed by atoms with E-state index in [0.717, 1.165) is 33.7 Å². The fraction of sp³-hybridized carbons (Fsp3) is 0.0233. The van der Waals surface area contributed by atoms with E-state index in [4.69, 9.17) is 0 Å². The molecular formula is C43H25F5N2. The van der Waals surface area contributed by atoms with Gasteiger partial charge in [-0.1, -0.05) is 109 Å². The van der Waals surface area contributed by atoms with Gasteiger partial charge in [-0.05, 0) is 42.5 Å². The monoisotopic (exact) mass is 664 g/mol. The highest BCUT2D eigenvalue weighted by atomic mass is 19.4. The van der Waals surface area contributed by atoms with Crippen molar-refractivity contribution in [3.63, 3.8) is 0 Å². The van der Waals surface area contributed by atoms with E-state index in [-0.39, 0.29) is 33.6 Å². The van der Waals surface area contributed by atoms with Crippen molar-refractivity contribution in [2.75, 3.05) is 0 Å². The third kappa shape index (κ3) is 4.39. The number of nitrogens with zero attached hydrogens (tertiary/aromatic N) is 2. The lowest BCUT2D eigenvalue weighted by molar-refractivity contribution is -0.136. The summed E-state index contributed by atoms with van der Waals surface area (Å²) in [5, 5.41) is 3.31. The summed E-state index contributed by atoms with van der Waals surface area (Å²) in [7, 11) is 0. The quantitative estimate of drug-likeness (QED) is 0.166. The first kappa shape index (κ1) is 29.9. The zero-order valence-corrected chi connectivity index (χ0v) is 26.2. The molecule has 0 bridgehead atoms. The molecular weight excluding hydrogens is 639 g/mol. The average Bonchev–Trinajstić information content (AvgIpc) is 3.64. The first-order chi connectivity index (χ1) is 24.3. The van der Waals surface area contributed by atoms with E-state index in [9.17, 15) is 0 Å². The Labute approximate surface area is 282 Å². The molecule has 0 atom stereocenters. The Hall–Kier alpha value is -6.21. The molecule has 7 aromatic carbocycles. The van der Waals surface area contributed by atoms with E-state index in [1.54, 1.807) is 15.2 Å². The van der Waals surface area contributed by atoms with Gasteiger partial charge in [0.2, 0.25) is 0 Å². The summed E-state index contributed by atoms with van der Waals surface area (Å²) in [6.07, 6.45) is -5.06. The van der Waals surface area contributed by atoms with Crippen LogP contribution in [0.3, 0.4) is 0 Å². The summed E-state index contributed by atoms with van der Waals surface area (Å²) in [6.45, 7) is 0. The molecule has 242 valence electrons. The number of benzene rings is 7. The molecule has 0 N–H and O–H groups in total. The van der Waals surface area contributed by atoms with Crippen molar-refractivity contribution >= 4 is 43.6 Å². The number of hydrogen-bond donors (Lipinski definition) is 0. The minimum atomic E-state index is -5.06. The second-order valence-corrected chi connectivity index (χ2v) is 12.2. The molecule has 0 aliphatic heterocycles. The second-order valence-electron chi connectivity index (χ2n) is 12.2. The number of aromatic nitrogens is 2. The first-order valence-electron chi connectivity index (χ1n) is 16.1. The second kappa shape index (κ2) is 11.2. The predicted molar refractivity (Wildman–Crippen MR) is 191 cm³/mol. The number of para-hydroxylation sites is 4. The average molecular weight is 665 g/mol. The SMILES string of the molecule is Fc1ccccc1-c1c(-n2c3ccccc3c3ccccc32)cc(-n2c3ccccc3c3ccccc32)c(-c2ccccc2F)c1C(F)(F)F. The number of rotatable bonds is 4. The van der Waals surface area contributed by atoms with Crippen LogP contribution in [0.15, 0.2) is 152 Å². The Morgan fingerprint density at radius 2 is 0.680 bits per heavy atom. The summed E-state index contributed by atoms with van der Waals surface area (Å²) >= 11 is 0. The molecule has 9 aromatic rings. The van der Waals surface area contributed by atoms with Gasteiger partial charge in [0, 0.05) is 43.8 Å². The minimum absolute atomic E-state index is 0.108. The lowest BCUT2D eigenvalue weighted by Crippen LogP contribution is -2.16. The number of halogens is 5. The van der Waals surface area contributed by atoms with E-state index >= 15 is 22.0 Å². The predicted octanol–water partition coefficient (Wildman–Crippen LogP) is 12.5. The summed E-state index contributed by atoms with van der Waals surface area (Å²) in [5.74, 6) is -1.66. The van der Waals surface area contributed by atoms with Crippen molar-refractivity contribution < 1.29 is 22.0 Å². The number of alkyl halides is 3. The first-order valence-corrected chi connectivity index (χ1v) is 16.1. The van der Waals surface area contributed by atoms with Gasteiger partial charge >= 0.3 is 6.18 Å². The standard InChI is InChI=1S/C43H25F5N2/c44-32-19-7-1-17-30(32)40-38(49-34-21-9-3-13-26(34)27-14-4-10-22-35(27)49)25-39(41(42(40)43(46,47)48)31-18-2-8-20-33(31)45)50-36-23-11-5-15-28(36)29-16-6-12-24-37(29)50/h1-25H. The van der Waals surface area contributed by atoms with E-state index in [1.165, 1.54) is 36.4 Å². The lowest BCUT2D eigenvalue weighted by Gasteiger charge is -2.27. The molecule has 0 radical (unpaired) electrons. The zero-order chi connectivity index (χ0) is 34.1. The zero-order valence-electron chi connectivity index (χ0n) is 26.2. The Morgan fingerprint density at radius 1 is 0.380 bits per heavy atom. The normalized spacial score (nSPS) is 12.1. The molecule has 0 spiro atoms.